The van der Waals surface area contributed by atoms with Gasteiger partial charge in [-0.1, -0.05) is 6.07 Å². The topological polar surface area (TPSA) is 40.5 Å². The molecule has 1 aliphatic heterocycles. The van der Waals surface area contributed by atoms with Crippen molar-refractivity contribution in [3.8, 4) is 22.6 Å². The Morgan fingerprint density at radius 3 is 2.26 bits per heavy atom. The van der Waals surface area contributed by atoms with E-state index in [9.17, 15) is 10.2 Å². The Labute approximate surface area is 116 Å². The van der Waals surface area contributed by atoms with E-state index in [1.807, 2.05) is 36.0 Å². The van der Waals surface area contributed by atoms with Crippen LogP contribution in [0.5, 0.6) is 11.5 Å². The van der Waals surface area contributed by atoms with Gasteiger partial charge in [0.1, 0.15) is 11.5 Å². The zero-order valence-electron chi connectivity index (χ0n) is 10.4. The first-order valence-corrected chi connectivity index (χ1v) is 7.36. The van der Waals surface area contributed by atoms with Crippen LogP contribution in [0.1, 0.15) is 24.8 Å². The molecule has 2 N–H and O–H groups in total. The third kappa shape index (κ3) is 1.51. The molecule has 4 rings (SSSR count). The Balaban J connectivity index is 2.00. The molecule has 0 aromatic heterocycles. The maximum atomic E-state index is 9.78. The monoisotopic (exact) mass is 270 g/mol. The van der Waals surface area contributed by atoms with Crippen LogP contribution < -0.4 is 0 Å². The highest BCUT2D eigenvalue weighted by Gasteiger charge is 2.44. The second kappa shape index (κ2) is 3.70. The van der Waals surface area contributed by atoms with E-state index in [4.69, 9.17) is 0 Å². The van der Waals surface area contributed by atoms with Crippen molar-refractivity contribution in [2.24, 2.45) is 0 Å². The van der Waals surface area contributed by atoms with E-state index in [-0.39, 0.29) is 4.75 Å². The number of hydrogen-bond acceptors (Lipinski definition) is 3. The molecular formula is C16H14O2S. The molecule has 0 saturated heterocycles. The first-order valence-electron chi connectivity index (χ1n) is 6.54. The molecule has 3 heteroatoms. The van der Waals surface area contributed by atoms with Gasteiger partial charge in [0.2, 0.25) is 0 Å². The fourth-order valence-corrected chi connectivity index (χ4v) is 4.76. The number of thioether (sulfide) groups is 1. The molecule has 0 bridgehead atoms. The van der Waals surface area contributed by atoms with Crippen LogP contribution in [0.25, 0.3) is 11.1 Å². The number of aromatic hydroxyl groups is 2. The lowest BCUT2D eigenvalue weighted by molar-refractivity contribution is 0.370. The van der Waals surface area contributed by atoms with Crippen molar-refractivity contribution in [3.63, 3.8) is 0 Å². The number of benzene rings is 2. The van der Waals surface area contributed by atoms with E-state index >= 15 is 0 Å². The number of fused-ring (bicyclic) bond motifs is 4. The van der Waals surface area contributed by atoms with E-state index in [1.54, 1.807) is 12.1 Å². The SMILES string of the molecule is Oc1ccc2c(c1)SC1(CCC1)c1cc(O)ccc1-2. The lowest BCUT2D eigenvalue weighted by atomic mass is 9.75. The third-order valence-electron chi connectivity index (χ3n) is 4.22. The summed E-state index contributed by atoms with van der Waals surface area (Å²) in [7, 11) is 0. The smallest absolute Gasteiger partial charge is 0.116 e. The first-order chi connectivity index (χ1) is 9.18. The Bertz CT molecular complexity index is 674. The van der Waals surface area contributed by atoms with Crippen LogP contribution in [-0.4, -0.2) is 10.2 Å². The molecular weight excluding hydrogens is 256 g/mol. The molecule has 2 aromatic rings. The van der Waals surface area contributed by atoms with E-state index in [0.29, 0.717) is 11.5 Å². The molecule has 2 nitrogen and oxygen atoms in total. The molecule has 1 saturated carbocycles. The van der Waals surface area contributed by atoms with Crippen molar-refractivity contribution in [1.82, 2.24) is 0 Å². The summed E-state index contributed by atoms with van der Waals surface area (Å²) in [6.45, 7) is 0. The van der Waals surface area contributed by atoms with Gasteiger partial charge in [-0.3, -0.25) is 0 Å². The van der Waals surface area contributed by atoms with Crippen molar-refractivity contribution in [1.29, 1.82) is 0 Å². The van der Waals surface area contributed by atoms with Crippen LogP contribution in [0, 0.1) is 0 Å². The summed E-state index contributed by atoms with van der Waals surface area (Å²) >= 11 is 1.84. The first kappa shape index (κ1) is 11.2. The Kier molecular flexibility index (Phi) is 2.19. The van der Waals surface area contributed by atoms with Crippen molar-refractivity contribution in [3.05, 3.63) is 42.0 Å². The summed E-state index contributed by atoms with van der Waals surface area (Å²) in [5, 5.41) is 19.5. The van der Waals surface area contributed by atoms with E-state index in [2.05, 4.69) is 0 Å². The van der Waals surface area contributed by atoms with Gasteiger partial charge in [-0.15, -0.1) is 11.8 Å². The highest BCUT2D eigenvalue weighted by molar-refractivity contribution is 8.00. The van der Waals surface area contributed by atoms with Gasteiger partial charge in [-0.25, -0.2) is 0 Å². The van der Waals surface area contributed by atoms with Crippen LogP contribution in [0.15, 0.2) is 41.3 Å². The summed E-state index contributed by atoms with van der Waals surface area (Å²) in [5.74, 6) is 0.663. The number of phenols is 2. The highest BCUT2D eigenvalue weighted by atomic mass is 32.2. The minimum absolute atomic E-state index is 0.106. The number of phenolic OH excluding ortho intramolecular Hbond substituents is 2. The normalized spacial score (nSPS) is 18.5. The average Bonchev–Trinajstić information content (AvgIpc) is 2.35. The summed E-state index contributed by atoms with van der Waals surface area (Å²) in [6.07, 6.45) is 3.52. The molecule has 96 valence electrons. The third-order valence-corrected chi connectivity index (χ3v) is 5.79. The fourth-order valence-electron chi connectivity index (χ4n) is 3.10. The van der Waals surface area contributed by atoms with Gasteiger partial charge in [0.25, 0.3) is 0 Å². The zero-order valence-corrected chi connectivity index (χ0v) is 11.2. The second-order valence-corrected chi connectivity index (χ2v) is 6.79. The highest BCUT2D eigenvalue weighted by Crippen LogP contribution is 2.62. The summed E-state index contributed by atoms with van der Waals surface area (Å²) in [6, 6.07) is 11.2. The average molecular weight is 270 g/mol. The van der Waals surface area contributed by atoms with E-state index in [0.717, 1.165) is 23.3 Å². The molecule has 1 aliphatic carbocycles. The molecule has 1 fully saturated rings. The van der Waals surface area contributed by atoms with Crippen molar-refractivity contribution in [2.75, 3.05) is 0 Å². The maximum Gasteiger partial charge on any atom is 0.116 e. The van der Waals surface area contributed by atoms with Crippen LogP contribution in [0.4, 0.5) is 0 Å². The Morgan fingerprint density at radius 2 is 1.58 bits per heavy atom. The van der Waals surface area contributed by atoms with Gasteiger partial charge in [-0.05, 0) is 66.3 Å². The van der Waals surface area contributed by atoms with Gasteiger partial charge in [-0.2, -0.15) is 0 Å². The van der Waals surface area contributed by atoms with Gasteiger partial charge in [0.05, 0.1) is 0 Å². The predicted molar refractivity (Wildman–Crippen MR) is 76.6 cm³/mol. The Hall–Kier alpha value is -1.61. The molecule has 1 heterocycles. The van der Waals surface area contributed by atoms with E-state index in [1.165, 1.54) is 17.5 Å². The van der Waals surface area contributed by atoms with E-state index < -0.39 is 0 Å². The molecule has 2 aliphatic rings. The molecule has 19 heavy (non-hydrogen) atoms. The van der Waals surface area contributed by atoms with Crippen LogP contribution in [-0.2, 0) is 4.75 Å². The second-order valence-electron chi connectivity index (χ2n) is 5.36. The lowest BCUT2D eigenvalue weighted by Gasteiger charge is -2.46. The van der Waals surface area contributed by atoms with Crippen molar-refractivity contribution < 1.29 is 10.2 Å². The molecule has 0 atom stereocenters. The lowest BCUT2D eigenvalue weighted by Crippen LogP contribution is -2.32. The minimum Gasteiger partial charge on any atom is -0.508 e. The van der Waals surface area contributed by atoms with Gasteiger partial charge in [0, 0.05) is 9.64 Å². The van der Waals surface area contributed by atoms with Gasteiger partial charge in [0.15, 0.2) is 0 Å². The Morgan fingerprint density at radius 1 is 0.895 bits per heavy atom. The quantitative estimate of drug-likeness (QED) is 0.752. The summed E-state index contributed by atoms with van der Waals surface area (Å²) in [5.41, 5.74) is 3.61. The standard InChI is InChI=1S/C16H14O2S/c17-10-2-4-12-13-5-3-11(18)9-15(13)19-16(6-1-7-16)14(12)8-10/h2-5,8-9,17-18H,1,6-7H2. The summed E-state index contributed by atoms with van der Waals surface area (Å²) in [4.78, 5) is 1.15. The van der Waals surface area contributed by atoms with Crippen molar-refractivity contribution in [2.45, 2.75) is 28.9 Å². The van der Waals surface area contributed by atoms with Gasteiger partial charge >= 0.3 is 0 Å². The number of rotatable bonds is 0. The van der Waals surface area contributed by atoms with Crippen LogP contribution in [0.2, 0.25) is 0 Å². The molecule has 0 radical (unpaired) electrons. The molecule has 0 amide bonds. The maximum absolute atomic E-state index is 9.78. The zero-order chi connectivity index (χ0) is 13.0. The van der Waals surface area contributed by atoms with Crippen LogP contribution in [0.3, 0.4) is 0 Å². The molecule has 1 spiro atoms. The van der Waals surface area contributed by atoms with Gasteiger partial charge < -0.3 is 10.2 Å². The minimum atomic E-state index is 0.106. The molecule has 2 aromatic carbocycles. The predicted octanol–water partition coefficient (Wildman–Crippen LogP) is 4.25. The summed E-state index contributed by atoms with van der Waals surface area (Å²) < 4.78 is 0.106. The van der Waals surface area contributed by atoms with Crippen LogP contribution >= 0.6 is 11.8 Å². The van der Waals surface area contributed by atoms with Crippen molar-refractivity contribution >= 4 is 11.8 Å². The molecule has 0 unspecified atom stereocenters. The largest absolute Gasteiger partial charge is 0.508 e. The fraction of sp³-hybridized carbons (Fsp3) is 0.250. The number of hydrogen-bond donors (Lipinski definition) is 2.